The SMILES string of the molecule is Cc1cccc(NC(=O)C2CCCN(c3ncnc4sc(-c5ccccc5)cc34)C2)n1. The first-order valence-electron chi connectivity index (χ1n) is 10.5. The van der Waals surface area contributed by atoms with Gasteiger partial charge in [0.2, 0.25) is 5.91 Å². The molecule has 0 saturated carbocycles. The lowest BCUT2D eigenvalue weighted by Crippen LogP contribution is -2.41. The number of carbonyl (C=O) groups excluding carboxylic acids is 1. The largest absolute Gasteiger partial charge is 0.355 e. The highest BCUT2D eigenvalue weighted by molar-refractivity contribution is 7.21. The van der Waals surface area contributed by atoms with Crippen LogP contribution < -0.4 is 10.2 Å². The average Bonchev–Trinajstić information content (AvgIpc) is 3.24. The molecular formula is C24H23N5OS. The quantitative estimate of drug-likeness (QED) is 0.499. The third-order valence-electron chi connectivity index (χ3n) is 5.60. The highest BCUT2D eigenvalue weighted by atomic mass is 32.1. The molecular weight excluding hydrogens is 406 g/mol. The summed E-state index contributed by atoms with van der Waals surface area (Å²) in [5.41, 5.74) is 2.07. The number of amides is 1. The minimum absolute atomic E-state index is 0.0170. The third kappa shape index (κ3) is 4.14. The van der Waals surface area contributed by atoms with Crippen molar-refractivity contribution in [3.63, 3.8) is 0 Å². The molecule has 1 aliphatic heterocycles. The fraction of sp³-hybridized carbons (Fsp3) is 0.250. The van der Waals surface area contributed by atoms with Crippen LogP contribution in [0.3, 0.4) is 0 Å². The van der Waals surface area contributed by atoms with Gasteiger partial charge in [-0.15, -0.1) is 11.3 Å². The van der Waals surface area contributed by atoms with E-state index in [1.807, 2.05) is 43.3 Å². The fourth-order valence-corrected chi connectivity index (χ4v) is 5.06. The van der Waals surface area contributed by atoms with Crippen molar-refractivity contribution in [1.29, 1.82) is 0 Å². The Kier molecular flexibility index (Phi) is 5.34. The van der Waals surface area contributed by atoms with Gasteiger partial charge in [-0.25, -0.2) is 15.0 Å². The van der Waals surface area contributed by atoms with E-state index in [4.69, 9.17) is 0 Å². The molecule has 0 bridgehead atoms. The maximum atomic E-state index is 12.9. The molecule has 31 heavy (non-hydrogen) atoms. The first-order valence-corrected chi connectivity index (χ1v) is 11.3. The summed E-state index contributed by atoms with van der Waals surface area (Å²) in [4.78, 5) is 30.8. The first-order chi connectivity index (χ1) is 15.2. The molecule has 4 heterocycles. The molecule has 5 rings (SSSR count). The number of nitrogens with zero attached hydrogens (tertiary/aromatic N) is 4. The average molecular weight is 430 g/mol. The molecule has 4 aromatic rings. The van der Waals surface area contributed by atoms with Crippen LogP contribution in [0.1, 0.15) is 18.5 Å². The molecule has 156 valence electrons. The number of rotatable bonds is 4. The fourth-order valence-electron chi connectivity index (χ4n) is 4.06. The van der Waals surface area contributed by atoms with Crippen LogP contribution in [-0.4, -0.2) is 33.9 Å². The molecule has 1 saturated heterocycles. The Morgan fingerprint density at radius 2 is 2.00 bits per heavy atom. The van der Waals surface area contributed by atoms with Crippen molar-refractivity contribution in [3.8, 4) is 10.4 Å². The molecule has 1 unspecified atom stereocenters. The van der Waals surface area contributed by atoms with Crippen molar-refractivity contribution in [2.24, 2.45) is 5.92 Å². The van der Waals surface area contributed by atoms with Crippen molar-refractivity contribution >= 4 is 39.1 Å². The topological polar surface area (TPSA) is 71.0 Å². The van der Waals surface area contributed by atoms with Gasteiger partial charge < -0.3 is 10.2 Å². The zero-order chi connectivity index (χ0) is 21.2. The number of fused-ring (bicyclic) bond motifs is 1. The second-order valence-corrected chi connectivity index (χ2v) is 8.86. The summed E-state index contributed by atoms with van der Waals surface area (Å²) in [7, 11) is 0. The number of hydrogen-bond acceptors (Lipinski definition) is 6. The summed E-state index contributed by atoms with van der Waals surface area (Å²) in [5, 5.41) is 4.03. The summed E-state index contributed by atoms with van der Waals surface area (Å²) < 4.78 is 0. The number of anilines is 2. The number of pyridine rings is 1. The highest BCUT2D eigenvalue weighted by Gasteiger charge is 2.28. The van der Waals surface area contributed by atoms with Crippen LogP contribution >= 0.6 is 11.3 Å². The normalized spacial score (nSPS) is 16.4. The number of aryl methyl sites for hydroxylation is 1. The molecule has 6 nitrogen and oxygen atoms in total. The van der Waals surface area contributed by atoms with Crippen LogP contribution in [0.25, 0.3) is 20.7 Å². The third-order valence-corrected chi connectivity index (χ3v) is 6.69. The van der Waals surface area contributed by atoms with Crippen LogP contribution in [0.15, 0.2) is 60.9 Å². The minimum atomic E-state index is -0.103. The van der Waals surface area contributed by atoms with Gasteiger partial charge in [-0.2, -0.15) is 0 Å². The van der Waals surface area contributed by atoms with Gasteiger partial charge in [0.05, 0.1) is 11.3 Å². The number of benzene rings is 1. The predicted octanol–water partition coefficient (Wildman–Crippen LogP) is 4.92. The number of carbonyl (C=O) groups is 1. The molecule has 1 aromatic carbocycles. The van der Waals surface area contributed by atoms with Crippen LogP contribution in [0.5, 0.6) is 0 Å². The molecule has 3 aromatic heterocycles. The van der Waals surface area contributed by atoms with Gasteiger partial charge in [0.25, 0.3) is 0 Å². The van der Waals surface area contributed by atoms with Crippen molar-refractivity contribution in [3.05, 3.63) is 66.6 Å². The molecule has 1 amide bonds. The monoisotopic (exact) mass is 429 g/mol. The van der Waals surface area contributed by atoms with Crippen molar-refractivity contribution in [1.82, 2.24) is 15.0 Å². The molecule has 0 spiro atoms. The summed E-state index contributed by atoms with van der Waals surface area (Å²) in [6, 6.07) is 18.2. The van der Waals surface area contributed by atoms with Gasteiger partial charge in [-0.05, 0) is 43.5 Å². The molecule has 0 aliphatic carbocycles. The molecule has 7 heteroatoms. The van der Waals surface area contributed by atoms with Crippen molar-refractivity contribution in [2.45, 2.75) is 19.8 Å². The molecule has 1 aliphatic rings. The van der Waals surface area contributed by atoms with Crippen molar-refractivity contribution < 1.29 is 4.79 Å². The Bertz CT molecular complexity index is 1220. The van der Waals surface area contributed by atoms with Gasteiger partial charge in [-0.1, -0.05) is 36.4 Å². The maximum absolute atomic E-state index is 12.9. The second kappa shape index (κ2) is 8.43. The predicted molar refractivity (Wildman–Crippen MR) is 125 cm³/mol. The van der Waals surface area contributed by atoms with E-state index in [-0.39, 0.29) is 11.8 Å². The van der Waals surface area contributed by atoms with Crippen LogP contribution in [-0.2, 0) is 4.79 Å². The number of piperidine rings is 1. The van der Waals surface area contributed by atoms with Gasteiger partial charge in [0, 0.05) is 23.7 Å². The molecule has 1 atom stereocenters. The Labute approximate surface area is 185 Å². The number of aromatic nitrogens is 3. The number of hydrogen-bond donors (Lipinski definition) is 1. The molecule has 1 fully saturated rings. The zero-order valence-corrected chi connectivity index (χ0v) is 18.1. The summed E-state index contributed by atoms with van der Waals surface area (Å²) in [6.07, 6.45) is 3.44. The van der Waals surface area contributed by atoms with Gasteiger partial charge in [0.15, 0.2) is 0 Å². The van der Waals surface area contributed by atoms with E-state index in [2.05, 4.69) is 43.4 Å². The van der Waals surface area contributed by atoms with E-state index in [0.717, 1.165) is 41.1 Å². The zero-order valence-electron chi connectivity index (χ0n) is 17.3. The standard InChI is InChI=1S/C24H23N5OS/c1-16-7-5-11-21(27-16)28-23(30)18-10-6-12-29(14-18)22-19-13-20(17-8-3-2-4-9-17)31-24(19)26-15-25-22/h2-5,7-9,11,13,15,18H,6,10,12,14H2,1H3,(H,27,28,30). The van der Waals surface area contributed by atoms with Crippen LogP contribution in [0.2, 0.25) is 0 Å². The lowest BCUT2D eigenvalue weighted by Gasteiger charge is -2.33. The van der Waals surface area contributed by atoms with Gasteiger partial charge in [0.1, 0.15) is 22.8 Å². The van der Waals surface area contributed by atoms with E-state index in [1.54, 1.807) is 17.7 Å². The highest BCUT2D eigenvalue weighted by Crippen LogP contribution is 2.37. The maximum Gasteiger partial charge on any atom is 0.230 e. The summed E-state index contributed by atoms with van der Waals surface area (Å²) in [5.74, 6) is 1.43. The smallest absolute Gasteiger partial charge is 0.230 e. The van der Waals surface area contributed by atoms with E-state index < -0.39 is 0 Å². The Morgan fingerprint density at radius 1 is 1.13 bits per heavy atom. The molecule has 1 N–H and O–H groups in total. The number of nitrogens with one attached hydrogen (secondary N) is 1. The van der Waals surface area contributed by atoms with Crippen LogP contribution in [0, 0.1) is 12.8 Å². The van der Waals surface area contributed by atoms with Crippen LogP contribution in [0.4, 0.5) is 11.6 Å². The lowest BCUT2D eigenvalue weighted by molar-refractivity contribution is -0.120. The Balaban J connectivity index is 1.38. The lowest BCUT2D eigenvalue weighted by atomic mass is 9.97. The van der Waals surface area contributed by atoms with E-state index >= 15 is 0 Å². The summed E-state index contributed by atoms with van der Waals surface area (Å²) in [6.45, 7) is 3.44. The van der Waals surface area contributed by atoms with E-state index in [9.17, 15) is 4.79 Å². The summed E-state index contributed by atoms with van der Waals surface area (Å²) >= 11 is 1.67. The Morgan fingerprint density at radius 3 is 2.84 bits per heavy atom. The molecule has 0 radical (unpaired) electrons. The first kappa shape index (κ1) is 19.6. The second-order valence-electron chi connectivity index (χ2n) is 7.83. The number of thiophene rings is 1. The van der Waals surface area contributed by atoms with Gasteiger partial charge >= 0.3 is 0 Å². The van der Waals surface area contributed by atoms with E-state index in [0.29, 0.717) is 12.4 Å². The Hall–Kier alpha value is -3.32. The van der Waals surface area contributed by atoms with Crippen molar-refractivity contribution in [2.75, 3.05) is 23.3 Å². The minimum Gasteiger partial charge on any atom is -0.355 e. The van der Waals surface area contributed by atoms with Gasteiger partial charge in [-0.3, -0.25) is 4.79 Å². The van der Waals surface area contributed by atoms with E-state index in [1.165, 1.54) is 10.4 Å².